The maximum Gasteiger partial charge on any atom is 0.262 e. The Morgan fingerprint density at radius 3 is 2.24 bits per heavy atom. The Morgan fingerprint density at radius 2 is 1.50 bits per heavy atom. The third-order valence-electron chi connectivity index (χ3n) is 7.82. The van der Waals surface area contributed by atoms with E-state index in [0.717, 1.165) is 12.8 Å². The first-order chi connectivity index (χ1) is 18.3. The van der Waals surface area contributed by atoms with Gasteiger partial charge in [0.15, 0.2) is 0 Å². The van der Waals surface area contributed by atoms with Gasteiger partial charge in [-0.1, -0.05) is 91.6 Å². The first-order valence-corrected chi connectivity index (χ1v) is 14.8. The third kappa shape index (κ3) is 4.16. The van der Waals surface area contributed by atoms with Crippen molar-refractivity contribution in [1.29, 1.82) is 0 Å². The fraction of sp³-hybridized carbons (Fsp3) is 0.206. The van der Waals surface area contributed by atoms with Crippen LogP contribution in [0.2, 0.25) is 0 Å². The number of nitrogens with zero attached hydrogens (tertiary/aromatic N) is 2. The van der Waals surface area contributed by atoms with Crippen LogP contribution in [0.4, 0.5) is 5.69 Å². The lowest BCUT2D eigenvalue weighted by atomic mass is 9.75. The van der Waals surface area contributed by atoms with Gasteiger partial charge in [-0.05, 0) is 75.2 Å². The Kier molecular flexibility index (Phi) is 5.54. The molecule has 1 aliphatic heterocycles. The normalized spacial score (nSPS) is 19.2. The molecule has 2 heterocycles. The van der Waals surface area contributed by atoms with Gasteiger partial charge in [0.25, 0.3) is 5.01 Å². The first kappa shape index (κ1) is 23.8. The average Bonchev–Trinajstić information content (AvgIpc) is 3.35. The lowest BCUT2D eigenvalue weighted by molar-refractivity contribution is -0.642. The summed E-state index contributed by atoms with van der Waals surface area (Å²) in [6.45, 7) is 4.80. The zero-order valence-corrected chi connectivity index (χ0v) is 23.9. The highest BCUT2D eigenvalue weighted by Crippen LogP contribution is 2.48. The summed E-state index contributed by atoms with van der Waals surface area (Å²) in [5.41, 5.74) is 5.65. The molecule has 1 aromatic heterocycles. The number of benzene rings is 4. The van der Waals surface area contributed by atoms with Gasteiger partial charge < -0.3 is 4.90 Å². The predicted molar refractivity (Wildman–Crippen MR) is 166 cm³/mol. The number of anilines is 1. The standard InChI is InChI=1S/C34H31N2S2/c1-34(2)20-22(14-32-35(3)28-16-24-9-5-7-11-26(24)18-30(28)37-32)13-23(21-34)15-33-36(4)29-17-25-10-6-8-12-27(25)19-31(29)38-33/h5-19H,20-21H2,1-4H3/q+1. The molecule has 0 saturated carbocycles. The van der Waals surface area contributed by atoms with E-state index in [-0.39, 0.29) is 5.41 Å². The van der Waals surface area contributed by atoms with Gasteiger partial charge in [-0.3, -0.25) is 0 Å². The van der Waals surface area contributed by atoms with Crippen molar-refractivity contribution in [2.75, 3.05) is 11.9 Å². The largest absolute Gasteiger partial charge is 0.338 e. The minimum Gasteiger partial charge on any atom is -0.338 e. The predicted octanol–water partition coefficient (Wildman–Crippen LogP) is 9.25. The van der Waals surface area contributed by atoms with Crippen molar-refractivity contribution in [2.24, 2.45) is 12.5 Å². The highest BCUT2D eigenvalue weighted by atomic mass is 32.2. The number of fused-ring (bicyclic) bond motifs is 4. The van der Waals surface area contributed by atoms with E-state index < -0.39 is 0 Å². The van der Waals surface area contributed by atoms with Crippen LogP contribution in [0.3, 0.4) is 0 Å². The molecule has 7 rings (SSSR count). The second-order valence-corrected chi connectivity index (χ2v) is 13.6. The Hall–Kier alpha value is -3.34. The molecular weight excluding hydrogens is 501 g/mol. The van der Waals surface area contributed by atoms with Crippen LogP contribution in [0, 0.1) is 5.41 Å². The van der Waals surface area contributed by atoms with E-state index in [9.17, 15) is 0 Å². The van der Waals surface area contributed by atoms with Crippen molar-refractivity contribution in [2.45, 2.75) is 31.6 Å². The zero-order chi connectivity index (χ0) is 26.0. The maximum absolute atomic E-state index is 2.44. The molecule has 4 aromatic carbocycles. The fourth-order valence-corrected chi connectivity index (χ4v) is 8.28. The molecule has 0 radical (unpaired) electrons. The molecule has 0 bridgehead atoms. The second-order valence-electron chi connectivity index (χ2n) is 11.4. The monoisotopic (exact) mass is 531 g/mol. The highest BCUT2D eigenvalue weighted by molar-refractivity contribution is 8.03. The Morgan fingerprint density at radius 1 is 0.842 bits per heavy atom. The van der Waals surface area contributed by atoms with Crippen LogP contribution >= 0.6 is 23.1 Å². The first-order valence-electron chi connectivity index (χ1n) is 13.2. The van der Waals surface area contributed by atoms with Gasteiger partial charge in [-0.2, -0.15) is 4.57 Å². The van der Waals surface area contributed by atoms with Crippen molar-refractivity contribution in [3.8, 4) is 0 Å². The molecule has 0 atom stereocenters. The molecule has 5 aromatic rings. The fourth-order valence-electron chi connectivity index (χ4n) is 5.97. The van der Waals surface area contributed by atoms with Crippen LogP contribution in [0.25, 0.3) is 37.8 Å². The molecule has 0 spiro atoms. The quantitative estimate of drug-likeness (QED) is 0.210. The minimum absolute atomic E-state index is 0.223. The number of hydrogen-bond donors (Lipinski definition) is 0. The SMILES string of the molecule is CN1C(=CC2=CC(=Cc3sc4cc5ccccc5cc4[n+]3C)CC(C)(C)C2)Sc2cc3ccccc3cc21. The maximum atomic E-state index is 2.44. The van der Waals surface area contributed by atoms with E-state index in [2.05, 4.69) is 128 Å². The van der Waals surface area contributed by atoms with Crippen LogP contribution < -0.4 is 9.47 Å². The molecule has 0 N–H and O–H groups in total. The van der Waals surface area contributed by atoms with E-state index in [1.54, 1.807) is 0 Å². The Labute approximate surface area is 232 Å². The number of thiazole rings is 1. The molecule has 0 amide bonds. The van der Waals surface area contributed by atoms with E-state index in [0.29, 0.717) is 0 Å². The Balaban J connectivity index is 1.26. The summed E-state index contributed by atoms with van der Waals surface area (Å²) in [4.78, 5) is 3.70. The summed E-state index contributed by atoms with van der Waals surface area (Å²) >= 11 is 3.78. The van der Waals surface area contributed by atoms with E-state index in [1.165, 1.54) is 63.5 Å². The van der Waals surface area contributed by atoms with Gasteiger partial charge in [-0.25, -0.2) is 0 Å². The van der Waals surface area contributed by atoms with Crippen LogP contribution in [0.5, 0.6) is 0 Å². The van der Waals surface area contributed by atoms with Crippen molar-refractivity contribution in [3.05, 3.63) is 106 Å². The highest BCUT2D eigenvalue weighted by Gasteiger charge is 2.28. The topological polar surface area (TPSA) is 7.12 Å². The number of aryl methyl sites for hydroxylation is 1. The van der Waals surface area contributed by atoms with Crippen molar-refractivity contribution >= 4 is 66.6 Å². The molecular formula is C34H31N2S2+. The van der Waals surface area contributed by atoms with Gasteiger partial charge in [0.1, 0.15) is 11.7 Å². The van der Waals surface area contributed by atoms with Crippen molar-refractivity contribution < 1.29 is 4.57 Å². The van der Waals surface area contributed by atoms with Crippen molar-refractivity contribution in [1.82, 2.24) is 0 Å². The number of thioether (sulfide) groups is 1. The van der Waals surface area contributed by atoms with Crippen LogP contribution in [0.1, 0.15) is 31.7 Å². The zero-order valence-electron chi connectivity index (χ0n) is 22.3. The molecule has 188 valence electrons. The van der Waals surface area contributed by atoms with Gasteiger partial charge in [0, 0.05) is 24.1 Å². The summed E-state index contributed by atoms with van der Waals surface area (Å²) in [6.07, 6.45) is 9.45. The number of rotatable bonds is 2. The van der Waals surface area contributed by atoms with Gasteiger partial charge >= 0.3 is 0 Å². The Bertz CT molecular complexity index is 1850. The van der Waals surface area contributed by atoms with Crippen molar-refractivity contribution in [3.63, 3.8) is 0 Å². The van der Waals surface area contributed by atoms with Crippen LogP contribution in [0.15, 0.2) is 106 Å². The summed E-state index contributed by atoms with van der Waals surface area (Å²) in [6, 6.07) is 26.6. The van der Waals surface area contributed by atoms with E-state index in [4.69, 9.17) is 0 Å². The average molecular weight is 532 g/mol. The molecule has 1 aliphatic carbocycles. The molecule has 0 fully saturated rings. The van der Waals surface area contributed by atoms with Gasteiger partial charge in [-0.15, -0.1) is 0 Å². The second kappa shape index (κ2) is 8.86. The molecule has 38 heavy (non-hydrogen) atoms. The molecule has 2 nitrogen and oxygen atoms in total. The minimum atomic E-state index is 0.223. The lowest BCUT2D eigenvalue weighted by Gasteiger charge is -2.30. The molecule has 4 heteroatoms. The lowest BCUT2D eigenvalue weighted by Crippen LogP contribution is -2.29. The molecule has 2 aliphatic rings. The number of allylic oxidation sites excluding steroid dienone is 4. The van der Waals surface area contributed by atoms with E-state index >= 15 is 0 Å². The van der Waals surface area contributed by atoms with Crippen LogP contribution in [-0.4, -0.2) is 7.05 Å². The molecule has 0 unspecified atom stereocenters. The third-order valence-corrected chi connectivity index (χ3v) is 10.1. The summed E-state index contributed by atoms with van der Waals surface area (Å²) in [5.74, 6) is 0. The van der Waals surface area contributed by atoms with Crippen LogP contribution in [-0.2, 0) is 7.05 Å². The number of aromatic nitrogens is 1. The summed E-state index contributed by atoms with van der Waals surface area (Å²) in [5, 5.41) is 7.82. The van der Waals surface area contributed by atoms with E-state index in [1.807, 2.05) is 23.1 Å². The summed E-state index contributed by atoms with van der Waals surface area (Å²) in [7, 11) is 4.40. The summed E-state index contributed by atoms with van der Waals surface area (Å²) < 4.78 is 3.70. The van der Waals surface area contributed by atoms with Gasteiger partial charge in [0.05, 0.1) is 10.7 Å². The molecule has 0 saturated heterocycles. The smallest absolute Gasteiger partial charge is 0.262 e. The van der Waals surface area contributed by atoms with Gasteiger partial charge in [0.2, 0.25) is 5.52 Å². The number of hydrogen-bond acceptors (Lipinski definition) is 3.